The Morgan fingerprint density at radius 3 is 2.57 bits per heavy atom. The Morgan fingerprint density at radius 2 is 1.91 bits per heavy atom. The van der Waals surface area contributed by atoms with E-state index in [2.05, 4.69) is 21.7 Å². The maximum absolute atomic E-state index is 13.1. The Labute approximate surface area is 149 Å². The number of amides is 1. The highest BCUT2D eigenvalue weighted by Gasteiger charge is 2.43. The summed E-state index contributed by atoms with van der Waals surface area (Å²) < 4.78 is 0. The van der Waals surface area contributed by atoms with Crippen LogP contribution in [0.3, 0.4) is 0 Å². The van der Waals surface area contributed by atoms with Crippen molar-refractivity contribution in [1.29, 1.82) is 0 Å². The van der Waals surface area contributed by atoms with Crippen LogP contribution in [0.5, 0.6) is 0 Å². The minimum Gasteiger partial charge on any atom is -0.335 e. The van der Waals surface area contributed by atoms with Crippen molar-refractivity contribution >= 4 is 29.7 Å². The highest BCUT2D eigenvalue weighted by molar-refractivity contribution is 7.07. The maximum Gasteiger partial charge on any atom is 0.226 e. The van der Waals surface area contributed by atoms with E-state index in [1.165, 1.54) is 24.8 Å². The molecule has 2 saturated carbocycles. The lowest BCUT2D eigenvalue weighted by Gasteiger charge is -2.44. The standard InChI is InChI=1S/C18H26N2OS.ClH/c19-17-12-3-1-4-13(17)10-15(9-12)18(21)20-7-2-5-16(20)14-6-8-22-11-14;/h6,8,11-13,15-17H,1-5,7,9-10,19H2;1H. The third-order valence-electron chi connectivity index (χ3n) is 6.23. The van der Waals surface area contributed by atoms with Crippen molar-refractivity contribution < 1.29 is 4.79 Å². The molecule has 1 aromatic rings. The van der Waals surface area contributed by atoms with E-state index in [1.54, 1.807) is 11.3 Å². The molecule has 2 bridgehead atoms. The van der Waals surface area contributed by atoms with Gasteiger partial charge in [0.25, 0.3) is 0 Å². The average Bonchev–Trinajstić information content (AvgIpc) is 3.17. The summed E-state index contributed by atoms with van der Waals surface area (Å²) in [7, 11) is 0. The van der Waals surface area contributed by atoms with Gasteiger partial charge in [-0.2, -0.15) is 11.3 Å². The number of carbonyl (C=O) groups excluding carboxylic acids is 1. The summed E-state index contributed by atoms with van der Waals surface area (Å²) >= 11 is 1.74. The second-order valence-electron chi connectivity index (χ2n) is 7.44. The fourth-order valence-corrected chi connectivity index (χ4v) is 5.77. The van der Waals surface area contributed by atoms with Crippen LogP contribution in [-0.2, 0) is 4.79 Å². The van der Waals surface area contributed by atoms with Gasteiger partial charge in [-0.05, 0) is 72.8 Å². The van der Waals surface area contributed by atoms with E-state index in [0.717, 1.165) is 32.2 Å². The van der Waals surface area contributed by atoms with Crippen LogP contribution < -0.4 is 5.73 Å². The number of rotatable bonds is 2. The zero-order chi connectivity index (χ0) is 15.1. The summed E-state index contributed by atoms with van der Waals surface area (Å²) in [4.78, 5) is 15.3. The molecule has 1 amide bonds. The Hall–Kier alpha value is -0.580. The molecule has 23 heavy (non-hydrogen) atoms. The van der Waals surface area contributed by atoms with Crippen LogP contribution in [0.15, 0.2) is 16.8 Å². The summed E-state index contributed by atoms with van der Waals surface area (Å²) in [5.41, 5.74) is 7.72. The lowest BCUT2D eigenvalue weighted by molar-refractivity contribution is -0.139. The van der Waals surface area contributed by atoms with Gasteiger partial charge < -0.3 is 10.6 Å². The minimum atomic E-state index is 0. The smallest absolute Gasteiger partial charge is 0.226 e. The summed E-state index contributed by atoms with van der Waals surface area (Å²) in [6.07, 6.45) is 8.11. The first-order valence-corrected chi connectivity index (χ1v) is 9.76. The van der Waals surface area contributed by atoms with Crippen molar-refractivity contribution in [2.75, 3.05) is 6.54 Å². The molecular formula is C18H27ClN2OS. The van der Waals surface area contributed by atoms with Crippen molar-refractivity contribution in [2.45, 2.75) is 57.0 Å². The predicted molar refractivity (Wildman–Crippen MR) is 96.8 cm³/mol. The van der Waals surface area contributed by atoms with Crippen LogP contribution in [0.2, 0.25) is 0 Å². The molecular weight excluding hydrogens is 328 g/mol. The van der Waals surface area contributed by atoms with E-state index in [1.807, 2.05) is 0 Å². The number of nitrogens with two attached hydrogens (primary N) is 1. The van der Waals surface area contributed by atoms with Gasteiger partial charge in [-0.15, -0.1) is 12.4 Å². The van der Waals surface area contributed by atoms with Crippen LogP contribution in [0.25, 0.3) is 0 Å². The fraction of sp³-hybridized carbons (Fsp3) is 0.722. The number of carbonyl (C=O) groups is 1. The second-order valence-corrected chi connectivity index (χ2v) is 8.22. The number of halogens is 1. The van der Waals surface area contributed by atoms with E-state index < -0.39 is 0 Å². The molecule has 4 rings (SSSR count). The molecule has 2 N–H and O–H groups in total. The monoisotopic (exact) mass is 354 g/mol. The first-order valence-electron chi connectivity index (χ1n) is 8.82. The number of likely N-dealkylation sites (tertiary alicyclic amines) is 1. The van der Waals surface area contributed by atoms with Crippen molar-refractivity contribution in [3.8, 4) is 0 Å². The molecule has 3 nitrogen and oxygen atoms in total. The third kappa shape index (κ3) is 3.18. The lowest BCUT2D eigenvalue weighted by Crippen LogP contribution is -2.49. The average molecular weight is 355 g/mol. The highest BCUT2D eigenvalue weighted by Crippen LogP contribution is 2.44. The van der Waals surface area contributed by atoms with Gasteiger partial charge in [0.05, 0.1) is 6.04 Å². The quantitative estimate of drug-likeness (QED) is 0.872. The van der Waals surface area contributed by atoms with Crippen LogP contribution in [0.1, 0.15) is 56.6 Å². The maximum atomic E-state index is 13.1. The van der Waals surface area contributed by atoms with Crippen molar-refractivity contribution in [3.05, 3.63) is 22.4 Å². The number of hydrogen-bond acceptors (Lipinski definition) is 3. The molecule has 3 aliphatic rings. The number of nitrogens with zero attached hydrogens (tertiary/aromatic N) is 1. The summed E-state index contributed by atoms with van der Waals surface area (Å²) in [6, 6.07) is 2.87. The van der Waals surface area contributed by atoms with Crippen molar-refractivity contribution in [3.63, 3.8) is 0 Å². The second kappa shape index (κ2) is 7.12. The Kier molecular flexibility index (Phi) is 5.34. The van der Waals surface area contributed by atoms with Gasteiger partial charge in [0, 0.05) is 18.5 Å². The first kappa shape index (κ1) is 17.2. The third-order valence-corrected chi connectivity index (χ3v) is 6.93. The van der Waals surface area contributed by atoms with E-state index >= 15 is 0 Å². The SMILES string of the molecule is Cl.NC1C2CCCC1CC(C(=O)N1CCCC1c1ccsc1)C2. The van der Waals surface area contributed by atoms with Crippen LogP contribution >= 0.6 is 23.7 Å². The van der Waals surface area contributed by atoms with E-state index in [0.29, 0.717) is 29.8 Å². The molecule has 5 heteroatoms. The van der Waals surface area contributed by atoms with Gasteiger partial charge in [0.1, 0.15) is 0 Å². The van der Waals surface area contributed by atoms with Gasteiger partial charge in [-0.25, -0.2) is 0 Å². The fourth-order valence-electron chi connectivity index (χ4n) is 5.07. The largest absolute Gasteiger partial charge is 0.335 e. The molecule has 1 aliphatic heterocycles. The van der Waals surface area contributed by atoms with Gasteiger partial charge in [-0.1, -0.05) is 6.42 Å². The summed E-state index contributed by atoms with van der Waals surface area (Å²) in [6.45, 7) is 0.942. The van der Waals surface area contributed by atoms with Crippen LogP contribution in [-0.4, -0.2) is 23.4 Å². The van der Waals surface area contributed by atoms with E-state index in [-0.39, 0.29) is 18.3 Å². The molecule has 3 unspecified atom stereocenters. The lowest BCUT2D eigenvalue weighted by atomic mass is 9.65. The van der Waals surface area contributed by atoms with Crippen molar-refractivity contribution in [1.82, 2.24) is 4.90 Å². The first-order chi connectivity index (χ1) is 10.7. The summed E-state index contributed by atoms with van der Waals surface area (Å²) in [5, 5.41) is 4.34. The van der Waals surface area contributed by atoms with Crippen LogP contribution in [0.4, 0.5) is 0 Å². The Morgan fingerprint density at radius 1 is 1.17 bits per heavy atom. The van der Waals surface area contributed by atoms with Crippen molar-refractivity contribution in [2.24, 2.45) is 23.5 Å². The van der Waals surface area contributed by atoms with Gasteiger partial charge >= 0.3 is 0 Å². The van der Waals surface area contributed by atoms with Gasteiger partial charge in [-0.3, -0.25) is 4.79 Å². The number of fused-ring (bicyclic) bond motifs is 2. The van der Waals surface area contributed by atoms with Gasteiger partial charge in [0.2, 0.25) is 5.91 Å². The zero-order valence-electron chi connectivity index (χ0n) is 13.5. The molecule has 3 atom stereocenters. The topological polar surface area (TPSA) is 46.3 Å². The van der Waals surface area contributed by atoms with Gasteiger partial charge in [0.15, 0.2) is 0 Å². The van der Waals surface area contributed by atoms with E-state index in [4.69, 9.17) is 5.73 Å². The molecule has 2 heterocycles. The normalized spacial score (nSPS) is 36.6. The zero-order valence-corrected chi connectivity index (χ0v) is 15.2. The molecule has 0 radical (unpaired) electrons. The highest BCUT2D eigenvalue weighted by atomic mass is 35.5. The molecule has 0 spiro atoms. The molecule has 3 fully saturated rings. The molecule has 1 aromatic heterocycles. The predicted octanol–water partition coefficient (Wildman–Crippen LogP) is 3.99. The summed E-state index contributed by atoms with van der Waals surface area (Å²) in [5.74, 6) is 1.82. The molecule has 0 aromatic carbocycles. The van der Waals surface area contributed by atoms with Crippen LogP contribution in [0, 0.1) is 17.8 Å². The Bertz CT molecular complexity index is 521. The molecule has 128 valence electrons. The number of thiophene rings is 1. The Balaban J connectivity index is 0.00000156. The minimum absolute atomic E-state index is 0. The molecule has 1 saturated heterocycles. The number of hydrogen-bond donors (Lipinski definition) is 1. The van der Waals surface area contributed by atoms with E-state index in [9.17, 15) is 4.79 Å². The molecule has 2 aliphatic carbocycles.